The molecule has 1 aromatic carbocycles. The van der Waals surface area contributed by atoms with Crippen LogP contribution in [0.2, 0.25) is 5.02 Å². The number of sulfonamides is 1. The van der Waals surface area contributed by atoms with Crippen molar-refractivity contribution in [3.8, 4) is 0 Å². The number of carbonyl (C=O) groups excluding carboxylic acids is 1. The Labute approximate surface area is 206 Å². The van der Waals surface area contributed by atoms with Gasteiger partial charge in [0.15, 0.2) is 0 Å². The molecule has 0 unspecified atom stereocenters. The van der Waals surface area contributed by atoms with Crippen LogP contribution in [0.15, 0.2) is 29.4 Å². The van der Waals surface area contributed by atoms with Crippen molar-refractivity contribution in [1.29, 1.82) is 0 Å². The van der Waals surface area contributed by atoms with Gasteiger partial charge in [0.2, 0.25) is 5.03 Å². The molecule has 34 heavy (non-hydrogen) atoms. The zero-order valence-electron chi connectivity index (χ0n) is 20.1. The van der Waals surface area contributed by atoms with Crippen LogP contribution in [0.25, 0.3) is 0 Å². The number of aromatic nitrogens is 2. The molecule has 2 fully saturated rings. The predicted molar refractivity (Wildman–Crippen MR) is 133 cm³/mol. The second-order valence-electron chi connectivity index (χ2n) is 8.97. The van der Waals surface area contributed by atoms with Gasteiger partial charge in [0.05, 0.1) is 5.56 Å². The molecule has 0 N–H and O–H groups in total. The topological polar surface area (TPSA) is 82.0 Å². The number of halogens is 1. The highest BCUT2D eigenvalue weighted by Crippen LogP contribution is 2.27. The largest absolute Gasteiger partial charge is 0.369 e. The van der Waals surface area contributed by atoms with Gasteiger partial charge in [-0.3, -0.25) is 9.48 Å². The first-order valence-corrected chi connectivity index (χ1v) is 13.6. The number of hydrogen-bond acceptors (Lipinski definition) is 6. The van der Waals surface area contributed by atoms with E-state index in [-0.39, 0.29) is 16.5 Å². The van der Waals surface area contributed by atoms with E-state index in [1.54, 1.807) is 11.1 Å². The van der Waals surface area contributed by atoms with Crippen LogP contribution in [-0.2, 0) is 16.6 Å². The van der Waals surface area contributed by atoms with Crippen LogP contribution in [0.4, 0.5) is 5.69 Å². The molecule has 0 radical (unpaired) electrons. The molecule has 2 aliphatic heterocycles. The number of rotatable bonds is 5. The third-order valence-corrected chi connectivity index (χ3v) is 8.69. The van der Waals surface area contributed by atoms with Crippen molar-refractivity contribution in [1.82, 2.24) is 23.9 Å². The number of amides is 1. The molecule has 4 rings (SSSR count). The lowest BCUT2D eigenvalue weighted by Crippen LogP contribution is -2.49. The van der Waals surface area contributed by atoms with E-state index in [2.05, 4.69) is 14.9 Å². The van der Waals surface area contributed by atoms with Crippen molar-refractivity contribution in [2.75, 3.05) is 64.3 Å². The third kappa shape index (κ3) is 5.10. The van der Waals surface area contributed by atoms with Gasteiger partial charge in [-0.05, 0) is 51.6 Å². The minimum absolute atomic E-state index is 0.135. The Kier molecular flexibility index (Phi) is 7.51. The molecule has 0 spiro atoms. The molecule has 9 nitrogen and oxygen atoms in total. The molecule has 2 saturated heterocycles. The Balaban J connectivity index is 1.55. The first-order valence-electron chi connectivity index (χ1n) is 11.8. The summed E-state index contributed by atoms with van der Waals surface area (Å²) < 4.78 is 30.3. The summed E-state index contributed by atoms with van der Waals surface area (Å²) in [5.41, 5.74) is 2.28. The molecule has 0 atom stereocenters. The second-order valence-corrected chi connectivity index (χ2v) is 11.3. The lowest BCUT2D eigenvalue weighted by Gasteiger charge is -2.36. The van der Waals surface area contributed by atoms with Crippen LogP contribution in [0.5, 0.6) is 0 Å². The summed E-state index contributed by atoms with van der Waals surface area (Å²) in [5, 5.41) is 4.85. The van der Waals surface area contributed by atoms with Gasteiger partial charge in [0.1, 0.15) is 0 Å². The summed E-state index contributed by atoms with van der Waals surface area (Å²) in [4.78, 5) is 19.5. The Bertz CT molecular complexity index is 1140. The lowest BCUT2D eigenvalue weighted by atomic mass is 10.1. The van der Waals surface area contributed by atoms with E-state index in [4.69, 9.17) is 11.6 Å². The van der Waals surface area contributed by atoms with Crippen LogP contribution >= 0.6 is 11.6 Å². The maximum Gasteiger partial charge on any atom is 0.263 e. The molecule has 0 bridgehead atoms. The molecule has 2 aromatic rings. The number of likely N-dealkylation sites (N-methyl/N-ethyl adjacent to an activating group) is 1. The minimum atomic E-state index is -3.92. The fraction of sp³-hybridized carbons (Fsp3) is 0.565. The zero-order valence-corrected chi connectivity index (χ0v) is 21.6. The monoisotopic (exact) mass is 508 g/mol. The number of benzene rings is 1. The fourth-order valence-electron chi connectivity index (χ4n) is 4.54. The highest BCUT2D eigenvalue weighted by Gasteiger charge is 2.36. The van der Waals surface area contributed by atoms with Crippen molar-refractivity contribution in [2.24, 2.45) is 0 Å². The standard InChI is InChI=1S/C23H33ClN6O3S/c1-4-29-17-20(23(31)28-9-5-8-26(3)10-11-28)22(25-29)34(32,33)30-14-12-27(13-15-30)21-16-19(24)7-6-18(21)2/h6-7,16-17H,4-5,8-15H2,1-3H3. The first-order chi connectivity index (χ1) is 16.2. The second kappa shape index (κ2) is 10.2. The van der Waals surface area contributed by atoms with E-state index in [0.29, 0.717) is 50.8 Å². The number of aryl methyl sites for hydroxylation is 2. The van der Waals surface area contributed by atoms with Gasteiger partial charge in [-0.2, -0.15) is 9.40 Å². The van der Waals surface area contributed by atoms with E-state index in [1.807, 2.05) is 39.1 Å². The highest BCUT2D eigenvalue weighted by molar-refractivity contribution is 7.89. The average Bonchev–Trinajstić information content (AvgIpc) is 3.16. The van der Waals surface area contributed by atoms with Crippen LogP contribution in [-0.4, -0.2) is 97.6 Å². The molecule has 0 saturated carbocycles. The van der Waals surface area contributed by atoms with E-state index in [0.717, 1.165) is 30.8 Å². The number of anilines is 1. The van der Waals surface area contributed by atoms with Gasteiger partial charge >= 0.3 is 0 Å². The molecule has 3 heterocycles. The Morgan fingerprint density at radius 3 is 2.50 bits per heavy atom. The van der Waals surface area contributed by atoms with Gasteiger partial charge in [-0.15, -0.1) is 0 Å². The average molecular weight is 509 g/mol. The smallest absolute Gasteiger partial charge is 0.263 e. The van der Waals surface area contributed by atoms with Crippen LogP contribution in [0, 0.1) is 6.92 Å². The first kappa shape index (κ1) is 25.0. The maximum absolute atomic E-state index is 13.6. The lowest BCUT2D eigenvalue weighted by molar-refractivity contribution is 0.0758. The van der Waals surface area contributed by atoms with Crippen LogP contribution in [0.3, 0.4) is 0 Å². The molecule has 186 valence electrons. The van der Waals surface area contributed by atoms with E-state index in [9.17, 15) is 13.2 Å². The number of nitrogens with zero attached hydrogens (tertiary/aromatic N) is 6. The number of carbonyl (C=O) groups is 1. The van der Waals surface area contributed by atoms with Crippen LogP contribution < -0.4 is 4.90 Å². The summed E-state index contributed by atoms with van der Waals surface area (Å²) >= 11 is 6.18. The van der Waals surface area contributed by atoms with Gasteiger partial charge in [0, 0.05) is 69.3 Å². The predicted octanol–water partition coefficient (Wildman–Crippen LogP) is 2.15. The summed E-state index contributed by atoms with van der Waals surface area (Å²) in [6.07, 6.45) is 2.44. The number of hydrogen-bond donors (Lipinski definition) is 0. The molecule has 0 aliphatic carbocycles. The Hall–Kier alpha value is -2.14. The van der Waals surface area contributed by atoms with Crippen molar-refractivity contribution in [2.45, 2.75) is 31.8 Å². The number of piperazine rings is 1. The van der Waals surface area contributed by atoms with Crippen LogP contribution in [0.1, 0.15) is 29.3 Å². The van der Waals surface area contributed by atoms with Gasteiger partial charge in [-0.1, -0.05) is 17.7 Å². The molecule has 1 aromatic heterocycles. The zero-order chi connectivity index (χ0) is 24.5. The van der Waals surface area contributed by atoms with E-state index in [1.165, 1.54) is 8.99 Å². The van der Waals surface area contributed by atoms with E-state index >= 15 is 0 Å². The Morgan fingerprint density at radius 1 is 1.06 bits per heavy atom. The summed E-state index contributed by atoms with van der Waals surface area (Å²) in [5.74, 6) is -0.262. The van der Waals surface area contributed by atoms with Gasteiger partial charge in [-0.25, -0.2) is 8.42 Å². The van der Waals surface area contributed by atoms with Gasteiger partial charge in [0.25, 0.3) is 15.9 Å². The van der Waals surface area contributed by atoms with Crippen molar-refractivity contribution < 1.29 is 13.2 Å². The molecular weight excluding hydrogens is 476 g/mol. The van der Waals surface area contributed by atoms with Crippen molar-refractivity contribution in [3.63, 3.8) is 0 Å². The minimum Gasteiger partial charge on any atom is -0.369 e. The summed E-state index contributed by atoms with van der Waals surface area (Å²) in [6.45, 7) is 8.95. The fourth-order valence-corrected chi connectivity index (χ4v) is 6.22. The van der Waals surface area contributed by atoms with Crippen molar-refractivity contribution in [3.05, 3.63) is 40.5 Å². The SMILES string of the molecule is CCn1cc(C(=O)N2CCCN(C)CC2)c(S(=O)(=O)N2CCN(c3cc(Cl)ccc3C)CC2)n1. The molecule has 11 heteroatoms. The normalized spacial score (nSPS) is 18.8. The van der Waals surface area contributed by atoms with Gasteiger partial charge < -0.3 is 14.7 Å². The van der Waals surface area contributed by atoms with E-state index < -0.39 is 10.0 Å². The maximum atomic E-state index is 13.6. The quantitative estimate of drug-likeness (QED) is 0.615. The Morgan fingerprint density at radius 2 is 1.79 bits per heavy atom. The third-order valence-electron chi connectivity index (χ3n) is 6.62. The molecule has 1 amide bonds. The highest BCUT2D eigenvalue weighted by atomic mass is 35.5. The molecular formula is C23H33ClN6O3S. The summed E-state index contributed by atoms with van der Waals surface area (Å²) in [7, 11) is -1.89. The summed E-state index contributed by atoms with van der Waals surface area (Å²) in [6, 6.07) is 5.74. The van der Waals surface area contributed by atoms with Crippen molar-refractivity contribution >= 4 is 33.2 Å². The molecule has 2 aliphatic rings.